The van der Waals surface area contributed by atoms with Crippen LogP contribution in [0.4, 0.5) is 8.78 Å². The topological polar surface area (TPSA) is 12.0 Å². The van der Waals surface area contributed by atoms with Gasteiger partial charge in [0.25, 0.3) is 0 Å². The molecule has 0 saturated carbocycles. The van der Waals surface area contributed by atoms with Gasteiger partial charge in [-0.25, -0.2) is 8.78 Å². The summed E-state index contributed by atoms with van der Waals surface area (Å²) in [7, 11) is 1.71. The van der Waals surface area contributed by atoms with Crippen LogP contribution in [0.1, 0.15) is 12.5 Å². The maximum Gasteiger partial charge on any atom is 0.135 e. The zero-order valence-corrected chi connectivity index (χ0v) is 10.0. The molecule has 1 N–H and O–H groups in total. The van der Waals surface area contributed by atoms with Gasteiger partial charge in [0, 0.05) is 22.3 Å². The predicted octanol–water partition coefficient (Wildman–Crippen LogP) is 3.31. The molecule has 0 aromatic heterocycles. The molecule has 0 heterocycles. The number of allylic oxidation sites excluding steroid dienone is 1. The van der Waals surface area contributed by atoms with E-state index in [4.69, 9.17) is 0 Å². The van der Waals surface area contributed by atoms with E-state index < -0.39 is 11.6 Å². The van der Waals surface area contributed by atoms with Gasteiger partial charge in [-0.05, 0) is 41.6 Å². The van der Waals surface area contributed by atoms with E-state index in [1.807, 2.05) is 6.92 Å². The SMILES string of the molecule is CN/C(=C(\C)I)c1ccc(F)cc1F. The van der Waals surface area contributed by atoms with Gasteiger partial charge in [-0.2, -0.15) is 0 Å². The van der Waals surface area contributed by atoms with E-state index in [2.05, 4.69) is 27.9 Å². The highest BCUT2D eigenvalue weighted by molar-refractivity contribution is 14.1. The monoisotopic (exact) mass is 309 g/mol. The van der Waals surface area contributed by atoms with Gasteiger partial charge in [0.1, 0.15) is 11.6 Å². The molecule has 0 fully saturated rings. The molecule has 0 aliphatic carbocycles. The molecule has 1 aromatic rings. The van der Waals surface area contributed by atoms with Crippen molar-refractivity contribution in [3.05, 3.63) is 39.0 Å². The highest BCUT2D eigenvalue weighted by Gasteiger charge is 2.09. The van der Waals surface area contributed by atoms with Gasteiger partial charge < -0.3 is 5.32 Å². The summed E-state index contributed by atoms with van der Waals surface area (Å²) in [5, 5.41) is 2.89. The van der Waals surface area contributed by atoms with Crippen molar-refractivity contribution in [2.24, 2.45) is 0 Å². The number of hydrogen-bond acceptors (Lipinski definition) is 1. The third kappa shape index (κ3) is 2.43. The van der Waals surface area contributed by atoms with Crippen LogP contribution in [0.5, 0.6) is 0 Å². The molecule has 0 radical (unpaired) electrons. The van der Waals surface area contributed by atoms with Crippen LogP contribution in [0, 0.1) is 11.6 Å². The molecule has 14 heavy (non-hydrogen) atoms. The van der Waals surface area contributed by atoms with Crippen molar-refractivity contribution in [3.63, 3.8) is 0 Å². The molecular weight excluding hydrogens is 299 g/mol. The fraction of sp³-hybridized carbons (Fsp3) is 0.200. The van der Waals surface area contributed by atoms with Crippen LogP contribution in [-0.4, -0.2) is 7.05 Å². The maximum absolute atomic E-state index is 13.3. The summed E-state index contributed by atoms with van der Waals surface area (Å²) in [4.78, 5) is 0. The van der Waals surface area contributed by atoms with Crippen molar-refractivity contribution >= 4 is 28.3 Å². The van der Waals surface area contributed by atoms with Crippen LogP contribution in [0.2, 0.25) is 0 Å². The molecule has 1 nitrogen and oxygen atoms in total. The Balaban J connectivity index is 3.25. The Bertz CT molecular complexity index is 370. The first-order chi connectivity index (χ1) is 6.56. The molecule has 0 aliphatic heterocycles. The minimum atomic E-state index is -0.562. The third-order valence-corrected chi connectivity index (χ3v) is 2.33. The smallest absolute Gasteiger partial charge is 0.135 e. The molecule has 1 aromatic carbocycles. The second-order valence-corrected chi connectivity index (χ2v) is 4.40. The minimum absolute atomic E-state index is 0.390. The summed E-state index contributed by atoms with van der Waals surface area (Å²) in [6, 6.07) is 3.56. The molecule has 1 rings (SSSR count). The van der Waals surface area contributed by atoms with Gasteiger partial charge in [0.2, 0.25) is 0 Å². The van der Waals surface area contributed by atoms with E-state index in [1.54, 1.807) is 7.05 Å². The standard InChI is InChI=1S/C10H10F2IN/c1-6(13)10(14-2)8-4-3-7(11)5-9(8)12/h3-5,14H,1-2H3/b10-6+. The average molecular weight is 309 g/mol. The second kappa shape index (κ2) is 4.72. The quantitative estimate of drug-likeness (QED) is 0.827. The lowest BCUT2D eigenvalue weighted by Crippen LogP contribution is -2.07. The second-order valence-electron chi connectivity index (χ2n) is 2.78. The first kappa shape index (κ1) is 11.4. The number of nitrogens with one attached hydrogen (secondary N) is 1. The Morgan fingerprint density at radius 2 is 2.00 bits per heavy atom. The highest BCUT2D eigenvalue weighted by Crippen LogP contribution is 2.22. The van der Waals surface area contributed by atoms with Crippen molar-refractivity contribution in [1.82, 2.24) is 5.32 Å². The van der Waals surface area contributed by atoms with Gasteiger partial charge >= 0.3 is 0 Å². The van der Waals surface area contributed by atoms with Gasteiger partial charge in [0.05, 0.1) is 5.70 Å². The van der Waals surface area contributed by atoms with Crippen LogP contribution in [0.15, 0.2) is 21.8 Å². The first-order valence-corrected chi connectivity index (χ1v) is 5.13. The first-order valence-electron chi connectivity index (χ1n) is 4.05. The Kier molecular flexibility index (Phi) is 3.86. The van der Waals surface area contributed by atoms with Crippen molar-refractivity contribution < 1.29 is 8.78 Å². The van der Waals surface area contributed by atoms with Crippen LogP contribution in [-0.2, 0) is 0 Å². The molecule has 4 heteroatoms. The number of benzene rings is 1. The molecule has 0 aliphatic rings. The molecule has 0 saturated heterocycles. The van der Waals surface area contributed by atoms with E-state index in [-0.39, 0.29) is 0 Å². The van der Waals surface area contributed by atoms with Gasteiger partial charge in [0.15, 0.2) is 0 Å². The lowest BCUT2D eigenvalue weighted by molar-refractivity contribution is 0.580. The minimum Gasteiger partial charge on any atom is -0.387 e. The molecular formula is C10H10F2IN. The normalized spacial score (nSPS) is 12.4. The Morgan fingerprint density at radius 1 is 1.36 bits per heavy atom. The molecule has 0 unspecified atom stereocenters. The van der Waals surface area contributed by atoms with E-state index in [0.29, 0.717) is 11.3 Å². The van der Waals surface area contributed by atoms with Crippen molar-refractivity contribution in [3.8, 4) is 0 Å². The largest absolute Gasteiger partial charge is 0.387 e. The van der Waals surface area contributed by atoms with Crippen molar-refractivity contribution in [1.29, 1.82) is 0 Å². The number of hydrogen-bond donors (Lipinski definition) is 1. The zero-order chi connectivity index (χ0) is 10.7. The van der Waals surface area contributed by atoms with Crippen LogP contribution in [0.3, 0.4) is 0 Å². The van der Waals surface area contributed by atoms with Gasteiger partial charge in [-0.15, -0.1) is 0 Å². The van der Waals surface area contributed by atoms with Gasteiger partial charge in [-0.1, -0.05) is 0 Å². The third-order valence-electron chi connectivity index (χ3n) is 1.79. The molecule has 0 atom stereocenters. The fourth-order valence-electron chi connectivity index (χ4n) is 1.18. The van der Waals surface area contributed by atoms with Crippen LogP contribution in [0.25, 0.3) is 5.70 Å². The van der Waals surface area contributed by atoms with Crippen molar-refractivity contribution in [2.45, 2.75) is 6.92 Å². The van der Waals surface area contributed by atoms with Crippen molar-refractivity contribution in [2.75, 3.05) is 7.05 Å². The summed E-state index contributed by atoms with van der Waals surface area (Å²) < 4.78 is 26.9. The van der Waals surface area contributed by atoms with Crippen LogP contribution < -0.4 is 5.32 Å². The highest BCUT2D eigenvalue weighted by atomic mass is 127. The molecule has 0 bridgehead atoms. The van der Waals surface area contributed by atoms with Crippen LogP contribution >= 0.6 is 22.6 Å². The Hall–Kier alpha value is -0.650. The summed E-state index contributed by atoms with van der Waals surface area (Å²) >= 11 is 2.09. The average Bonchev–Trinajstić information content (AvgIpc) is 2.09. The van der Waals surface area contributed by atoms with E-state index in [1.165, 1.54) is 12.1 Å². The fourth-order valence-corrected chi connectivity index (χ4v) is 1.74. The Morgan fingerprint density at radius 3 is 2.43 bits per heavy atom. The Labute approximate surface area is 95.3 Å². The summed E-state index contributed by atoms with van der Waals surface area (Å²) in [5.74, 6) is -1.11. The maximum atomic E-state index is 13.3. The summed E-state index contributed by atoms with van der Waals surface area (Å²) in [6.45, 7) is 1.86. The molecule has 0 spiro atoms. The summed E-state index contributed by atoms with van der Waals surface area (Å²) in [5.41, 5.74) is 1.07. The number of halogens is 3. The molecule has 0 amide bonds. The summed E-state index contributed by atoms with van der Waals surface area (Å²) in [6.07, 6.45) is 0. The zero-order valence-electron chi connectivity index (χ0n) is 7.87. The predicted molar refractivity (Wildman–Crippen MR) is 62.0 cm³/mol. The van der Waals surface area contributed by atoms with E-state index in [9.17, 15) is 8.78 Å². The van der Waals surface area contributed by atoms with E-state index in [0.717, 1.165) is 9.65 Å². The van der Waals surface area contributed by atoms with E-state index >= 15 is 0 Å². The number of rotatable bonds is 2. The molecule has 76 valence electrons. The lowest BCUT2D eigenvalue weighted by atomic mass is 10.1. The van der Waals surface area contributed by atoms with Gasteiger partial charge in [-0.3, -0.25) is 0 Å². The lowest BCUT2D eigenvalue weighted by Gasteiger charge is -2.09.